The smallest absolute Gasteiger partial charge is 1.00 e. The van der Waals surface area contributed by atoms with Gasteiger partial charge in [-0.05, 0) is 0 Å². The molecule has 0 heterocycles. The van der Waals surface area contributed by atoms with E-state index in [1.807, 2.05) is 0 Å². The molecule has 0 fully saturated rings. The molecule has 17 valence electrons. The minimum absolute atomic E-state index is 0. The predicted octanol–water partition coefficient (Wildman–Crippen LogP) is -11.5. The maximum atomic E-state index is 0. The summed E-state index contributed by atoms with van der Waals surface area (Å²) in [4.78, 5) is 0. The van der Waals surface area contributed by atoms with Crippen molar-refractivity contribution in [1.82, 2.24) is 0 Å². The first-order valence-electron chi connectivity index (χ1n) is 0. The molecule has 0 rings (SSSR count). The van der Waals surface area contributed by atoms with Gasteiger partial charge in [0.05, 0.1) is 0 Å². The average Bonchev–Trinajstić information content (AvgIpc) is 0. The summed E-state index contributed by atoms with van der Waals surface area (Å²) in [5.74, 6) is 0. The summed E-state index contributed by atoms with van der Waals surface area (Å²) in [5, 5.41) is 0. The Bertz CT molecular complexity index is 12.5. The Morgan fingerprint density at radius 2 is 0.600 bits per heavy atom. The average molecular weight is 155 g/mol. The Morgan fingerprint density at radius 1 is 0.600 bits per heavy atom. The van der Waals surface area contributed by atoms with E-state index >= 15 is 0 Å². The summed E-state index contributed by atoms with van der Waals surface area (Å²) in [6, 6.07) is 0. The van der Waals surface area contributed by atoms with Gasteiger partial charge in [0.2, 0.25) is 0 Å². The first-order valence-corrected chi connectivity index (χ1v) is 0. The SMILES string of the molecule is [Co].[H-].[H-].[H-].[H-].[Na+].[Na+].[Na+].[Na+]. The third kappa shape index (κ3) is 17.7. The number of rotatable bonds is 0. The van der Waals surface area contributed by atoms with E-state index in [2.05, 4.69) is 0 Å². The molecule has 0 aromatic rings. The molecule has 0 amide bonds. The van der Waals surface area contributed by atoms with Gasteiger partial charge in [0, 0.05) is 16.8 Å². The van der Waals surface area contributed by atoms with Gasteiger partial charge in [-0.2, -0.15) is 0 Å². The predicted molar refractivity (Wildman–Crippen MR) is 4.45 cm³/mol. The van der Waals surface area contributed by atoms with Gasteiger partial charge in [0.25, 0.3) is 0 Å². The quantitative estimate of drug-likeness (QED) is 0.305. The molecule has 0 saturated heterocycles. The second kappa shape index (κ2) is 23.6. The third-order valence-corrected chi connectivity index (χ3v) is 0. The summed E-state index contributed by atoms with van der Waals surface area (Å²) < 4.78 is 0. The summed E-state index contributed by atoms with van der Waals surface area (Å²) >= 11 is 0. The molecule has 0 aromatic carbocycles. The molecule has 5 heteroatoms. The van der Waals surface area contributed by atoms with E-state index in [1.165, 1.54) is 0 Å². The largest absolute Gasteiger partial charge is 1.00 e. The van der Waals surface area contributed by atoms with Crippen LogP contribution in [-0.2, 0) is 16.8 Å². The van der Waals surface area contributed by atoms with E-state index in [4.69, 9.17) is 0 Å². The maximum Gasteiger partial charge on any atom is 1.00 e. The minimum Gasteiger partial charge on any atom is -1.00 e. The molecule has 0 aliphatic carbocycles. The van der Waals surface area contributed by atoms with Crippen LogP contribution in [0.25, 0.3) is 0 Å². The Hall–Kier alpha value is 4.51. The van der Waals surface area contributed by atoms with Crippen molar-refractivity contribution in [1.29, 1.82) is 0 Å². The van der Waals surface area contributed by atoms with E-state index in [9.17, 15) is 0 Å². The van der Waals surface area contributed by atoms with Gasteiger partial charge in [-0.3, -0.25) is 0 Å². The second-order valence-corrected chi connectivity index (χ2v) is 0. The minimum atomic E-state index is 0. The molecule has 0 aromatic heterocycles. The zero-order valence-electron chi connectivity index (χ0n) is 8.33. The van der Waals surface area contributed by atoms with Crippen molar-refractivity contribution >= 4 is 0 Å². The second-order valence-electron chi connectivity index (χ2n) is 0. The van der Waals surface area contributed by atoms with Crippen molar-refractivity contribution in [3.8, 4) is 0 Å². The third-order valence-electron chi connectivity index (χ3n) is 0. The van der Waals surface area contributed by atoms with E-state index in [1.54, 1.807) is 0 Å². The standard InChI is InChI=1S/Co.4Na.4H/q;4*+1;4*-1. The van der Waals surface area contributed by atoms with Crippen LogP contribution in [0.15, 0.2) is 0 Å². The molecule has 0 bridgehead atoms. The van der Waals surface area contributed by atoms with Crippen LogP contribution < -0.4 is 118 Å². The molecular weight excluding hydrogens is 151 g/mol. The number of hydrogen-bond donors (Lipinski definition) is 0. The van der Waals surface area contributed by atoms with E-state index in [0.717, 1.165) is 0 Å². The summed E-state index contributed by atoms with van der Waals surface area (Å²) in [5.41, 5.74) is 0. The van der Waals surface area contributed by atoms with Crippen LogP contribution in [-0.4, -0.2) is 0 Å². The van der Waals surface area contributed by atoms with Gasteiger partial charge in [-0.15, -0.1) is 0 Å². The Labute approximate surface area is 137 Å². The summed E-state index contributed by atoms with van der Waals surface area (Å²) in [6.45, 7) is 0. The zero-order valence-corrected chi connectivity index (χ0v) is 13.4. The monoisotopic (exact) mass is 155 g/mol. The number of hydrogen-bond acceptors (Lipinski definition) is 0. The fourth-order valence-electron chi connectivity index (χ4n) is 0. The fourth-order valence-corrected chi connectivity index (χ4v) is 0. The van der Waals surface area contributed by atoms with E-state index in [-0.39, 0.29) is 141 Å². The summed E-state index contributed by atoms with van der Waals surface area (Å²) in [6.07, 6.45) is 0. The Morgan fingerprint density at radius 3 is 0.600 bits per heavy atom. The molecular formula is H4CoNa4. The molecule has 0 aliphatic heterocycles. The maximum absolute atomic E-state index is 0. The first-order chi connectivity index (χ1) is 0. The van der Waals surface area contributed by atoms with Gasteiger partial charge >= 0.3 is 118 Å². The fraction of sp³-hybridized carbons (Fsp3) is 0. The van der Waals surface area contributed by atoms with Crippen LogP contribution in [0.5, 0.6) is 0 Å². The van der Waals surface area contributed by atoms with Crippen LogP contribution in [0.4, 0.5) is 0 Å². The molecule has 0 unspecified atom stereocenters. The van der Waals surface area contributed by atoms with Crippen LogP contribution in [0, 0.1) is 0 Å². The van der Waals surface area contributed by atoms with Crippen molar-refractivity contribution in [3.63, 3.8) is 0 Å². The van der Waals surface area contributed by atoms with Crippen molar-refractivity contribution < 1.29 is 141 Å². The Kier molecular flexibility index (Phi) is 160. The Balaban J connectivity index is 0. The molecule has 0 spiro atoms. The van der Waals surface area contributed by atoms with Crippen LogP contribution in [0.1, 0.15) is 5.71 Å². The molecule has 0 aliphatic rings. The van der Waals surface area contributed by atoms with Crippen molar-refractivity contribution in [2.45, 2.75) is 0 Å². The van der Waals surface area contributed by atoms with E-state index in [0.29, 0.717) is 0 Å². The molecule has 0 nitrogen and oxygen atoms in total. The topological polar surface area (TPSA) is 0 Å². The van der Waals surface area contributed by atoms with Crippen molar-refractivity contribution in [2.24, 2.45) is 0 Å². The van der Waals surface area contributed by atoms with Crippen LogP contribution in [0.2, 0.25) is 0 Å². The van der Waals surface area contributed by atoms with Gasteiger partial charge in [-0.25, -0.2) is 0 Å². The molecule has 0 atom stereocenters. The summed E-state index contributed by atoms with van der Waals surface area (Å²) in [7, 11) is 0. The van der Waals surface area contributed by atoms with Crippen molar-refractivity contribution in [3.05, 3.63) is 0 Å². The first kappa shape index (κ1) is 33.9. The molecule has 0 N–H and O–H groups in total. The van der Waals surface area contributed by atoms with Gasteiger partial charge in [0.1, 0.15) is 0 Å². The van der Waals surface area contributed by atoms with Gasteiger partial charge in [-0.1, -0.05) is 0 Å². The normalized spacial score (nSPS) is 0. The van der Waals surface area contributed by atoms with Gasteiger partial charge in [0.15, 0.2) is 0 Å². The van der Waals surface area contributed by atoms with Gasteiger partial charge < -0.3 is 5.71 Å². The molecule has 1 radical (unpaired) electrons. The molecule has 5 heavy (non-hydrogen) atoms. The zero-order chi connectivity index (χ0) is 0. The molecule has 0 saturated carbocycles. The van der Waals surface area contributed by atoms with Crippen LogP contribution >= 0.6 is 0 Å². The van der Waals surface area contributed by atoms with E-state index < -0.39 is 0 Å². The van der Waals surface area contributed by atoms with Crippen molar-refractivity contribution in [2.75, 3.05) is 0 Å². The van der Waals surface area contributed by atoms with Crippen LogP contribution in [0.3, 0.4) is 0 Å².